The first kappa shape index (κ1) is 16.3. The van der Waals surface area contributed by atoms with Gasteiger partial charge in [0.15, 0.2) is 0 Å². The van der Waals surface area contributed by atoms with E-state index in [1.54, 1.807) is 0 Å². The van der Waals surface area contributed by atoms with E-state index in [9.17, 15) is 0 Å². The predicted molar refractivity (Wildman–Crippen MR) is 88.2 cm³/mol. The number of unbranched alkanes of at least 4 members (excludes halogenated alkanes) is 2. The molecule has 1 aliphatic carbocycles. The van der Waals surface area contributed by atoms with Crippen molar-refractivity contribution in [2.45, 2.75) is 96.1 Å². The second kappa shape index (κ2) is 7.26. The molecule has 2 heteroatoms. The lowest BCUT2D eigenvalue weighted by atomic mass is 9.75. The molecule has 1 aliphatic heterocycles. The Labute approximate surface area is 126 Å². The number of nitrogens with zero attached hydrogens (tertiary/aromatic N) is 1. The van der Waals surface area contributed by atoms with Crippen LogP contribution in [0.15, 0.2) is 0 Å². The van der Waals surface area contributed by atoms with Crippen LogP contribution in [0.4, 0.5) is 0 Å². The number of hydrogen-bond acceptors (Lipinski definition) is 2. The molecule has 0 amide bonds. The maximum absolute atomic E-state index is 4.01. The Morgan fingerprint density at radius 2 is 1.65 bits per heavy atom. The summed E-state index contributed by atoms with van der Waals surface area (Å²) in [6, 6.07) is 0. The first-order chi connectivity index (χ1) is 9.70. The van der Waals surface area contributed by atoms with Gasteiger partial charge in [-0.2, -0.15) is 0 Å². The highest BCUT2D eigenvalue weighted by atomic mass is 15.3. The molecule has 1 spiro atoms. The monoisotopic (exact) mass is 280 g/mol. The summed E-state index contributed by atoms with van der Waals surface area (Å²) in [6.45, 7) is 10.9. The number of nitrogens with one attached hydrogen (secondary N) is 1. The molecule has 20 heavy (non-hydrogen) atoms. The van der Waals surface area contributed by atoms with E-state index in [2.05, 4.69) is 31.0 Å². The van der Waals surface area contributed by atoms with E-state index < -0.39 is 0 Å². The van der Waals surface area contributed by atoms with Gasteiger partial charge in [-0.05, 0) is 38.6 Å². The molecule has 2 fully saturated rings. The quantitative estimate of drug-likeness (QED) is 0.728. The second-order valence-corrected chi connectivity index (χ2v) is 7.25. The lowest BCUT2D eigenvalue weighted by Crippen LogP contribution is -2.70. The fourth-order valence-electron chi connectivity index (χ4n) is 4.43. The average molecular weight is 280 g/mol. The fraction of sp³-hybridized carbons (Fsp3) is 1.00. The molecule has 1 heterocycles. The molecule has 2 nitrogen and oxygen atoms in total. The van der Waals surface area contributed by atoms with Crippen molar-refractivity contribution in [2.75, 3.05) is 19.6 Å². The minimum absolute atomic E-state index is 0.427. The van der Waals surface area contributed by atoms with Crippen molar-refractivity contribution < 1.29 is 0 Å². The third kappa shape index (κ3) is 3.39. The van der Waals surface area contributed by atoms with Crippen LogP contribution < -0.4 is 5.32 Å². The molecule has 1 N–H and O–H groups in total. The van der Waals surface area contributed by atoms with Crippen molar-refractivity contribution in [1.82, 2.24) is 10.2 Å². The zero-order valence-corrected chi connectivity index (χ0v) is 14.1. The van der Waals surface area contributed by atoms with E-state index >= 15 is 0 Å². The molecule has 0 bridgehead atoms. The summed E-state index contributed by atoms with van der Waals surface area (Å²) in [5.74, 6) is 0. The van der Waals surface area contributed by atoms with Gasteiger partial charge in [-0.3, -0.25) is 4.90 Å². The van der Waals surface area contributed by atoms with Gasteiger partial charge in [-0.1, -0.05) is 52.9 Å². The zero-order valence-electron chi connectivity index (χ0n) is 14.1. The molecule has 0 aromatic rings. The SMILES string of the molecule is CCCCCN1CC2(CCCCC2)NCC1(CC)CC. The molecular formula is C18H36N2. The van der Waals surface area contributed by atoms with Crippen molar-refractivity contribution in [3.05, 3.63) is 0 Å². The van der Waals surface area contributed by atoms with Crippen molar-refractivity contribution in [1.29, 1.82) is 0 Å². The summed E-state index contributed by atoms with van der Waals surface area (Å²) in [5.41, 5.74) is 0.884. The van der Waals surface area contributed by atoms with Gasteiger partial charge in [0.05, 0.1) is 0 Å². The van der Waals surface area contributed by atoms with Crippen LogP contribution in [0.25, 0.3) is 0 Å². The Hall–Kier alpha value is -0.0800. The Bertz CT molecular complexity index is 277. The number of rotatable bonds is 6. The van der Waals surface area contributed by atoms with E-state index in [1.165, 1.54) is 83.8 Å². The van der Waals surface area contributed by atoms with Gasteiger partial charge in [0, 0.05) is 24.2 Å². The number of piperazine rings is 1. The van der Waals surface area contributed by atoms with Gasteiger partial charge in [0.1, 0.15) is 0 Å². The van der Waals surface area contributed by atoms with Crippen LogP contribution >= 0.6 is 0 Å². The van der Waals surface area contributed by atoms with E-state index in [0.29, 0.717) is 11.1 Å². The van der Waals surface area contributed by atoms with Gasteiger partial charge in [0.2, 0.25) is 0 Å². The normalized spacial score (nSPS) is 25.9. The van der Waals surface area contributed by atoms with E-state index in [0.717, 1.165) is 0 Å². The Balaban J connectivity index is 2.05. The molecule has 118 valence electrons. The summed E-state index contributed by atoms with van der Waals surface area (Å²) in [7, 11) is 0. The van der Waals surface area contributed by atoms with E-state index in [4.69, 9.17) is 0 Å². The van der Waals surface area contributed by atoms with Crippen LogP contribution in [0.2, 0.25) is 0 Å². The number of hydrogen-bond donors (Lipinski definition) is 1. The van der Waals surface area contributed by atoms with Crippen LogP contribution in [0, 0.1) is 0 Å². The van der Waals surface area contributed by atoms with Gasteiger partial charge < -0.3 is 5.32 Å². The summed E-state index contributed by atoms with van der Waals surface area (Å²) in [4.78, 5) is 2.88. The van der Waals surface area contributed by atoms with E-state index in [-0.39, 0.29) is 0 Å². The Morgan fingerprint density at radius 3 is 2.25 bits per heavy atom. The predicted octanol–water partition coefficient (Wildman–Crippen LogP) is 4.34. The third-order valence-corrected chi connectivity index (χ3v) is 6.12. The van der Waals surface area contributed by atoms with Crippen molar-refractivity contribution in [3.63, 3.8) is 0 Å². The van der Waals surface area contributed by atoms with Crippen molar-refractivity contribution in [3.8, 4) is 0 Å². The molecule has 2 rings (SSSR count). The lowest BCUT2D eigenvalue weighted by Gasteiger charge is -2.56. The molecule has 0 radical (unpaired) electrons. The highest BCUT2D eigenvalue weighted by Gasteiger charge is 2.45. The average Bonchev–Trinajstić information content (AvgIpc) is 2.49. The fourth-order valence-corrected chi connectivity index (χ4v) is 4.43. The Morgan fingerprint density at radius 1 is 0.950 bits per heavy atom. The summed E-state index contributed by atoms with van der Waals surface area (Å²) in [6.07, 6.45) is 13.8. The highest BCUT2D eigenvalue weighted by molar-refractivity contribution is 5.05. The maximum Gasteiger partial charge on any atom is 0.0329 e. The van der Waals surface area contributed by atoms with Crippen LogP contribution in [-0.4, -0.2) is 35.6 Å². The minimum atomic E-state index is 0.427. The molecule has 1 saturated carbocycles. The minimum Gasteiger partial charge on any atom is -0.308 e. The smallest absolute Gasteiger partial charge is 0.0329 e. The van der Waals surface area contributed by atoms with Crippen LogP contribution in [0.3, 0.4) is 0 Å². The van der Waals surface area contributed by atoms with Gasteiger partial charge in [-0.25, -0.2) is 0 Å². The van der Waals surface area contributed by atoms with Crippen LogP contribution in [0.1, 0.15) is 85.0 Å². The third-order valence-electron chi connectivity index (χ3n) is 6.12. The first-order valence-corrected chi connectivity index (χ1v) is 9.20. The maximum atomic E-state index is 4.01. The molecule has 0 unspecified atom stereocenters. The van der Waals surface area contributed by atoms with Crippen LogP contribution in [-0.2, 0) is 0 Å². The van der Waals surface area contributed by atoms with Gasteiger partial charge >= 0.3 is 0 Å². The molecule has 0 aromatic carbocycles. The molecule has 0 atom stereocenters. The topological polar surface area (TPSA) is 15.3 Å². The largest absolute Gasteiger partial charge is 0.308 e. The van der Waals surface area contributed by atoms with Gasteiger partial charge in [-0.15, -0.1) is 0 Å². The van der Waals surface area contributed by atoms with Crippen molar-refractivity contribution in [2.24, 2.45) is 0 Å². The summed E-state index contributed by atoms with van der Waals surface area (Å²) >= 11 is 0. The molecule has 1 saturated heterocycles. The molecule has 0 aromatic heterocycles. The first-order valence-electron chi connectivity index (χ1n) is 9.20. The zero-order chi connectivity index (χ0) is 14.5. The lowest BCUT2D eigenvalue weighted by molar-refractivity contribution is -0.0150. The van der Waals surface area contributed by atoms with Crippen LogP contribution in [0.5, 0.6) is 0 Å². The highest BCUT2D eigenvalue weighted by Crippen LogP contribution is 2.37. The standard InChI is InChI=1S/C18H36N2/c1-4-7-11-14-20-16-17(12-9-8-10-13-17)19-15-18(20,5-2)6-3/h19H,4-16H2,1-3H3. The van der Waals surface area contributed by atoms with Gasteiger partial charge in [0.25, 0.3) is 0 Å². The summed E-state index contributed by atoms with van der Waals surface area (Å²) < 4.78 is 0. The Kier molecular flexibility index (Phi) is 5.92. The summed E-state index contributed by atoms with van der Waals surface area (Å²) in [5, 5.41) is 4.01. The van der Waals surface area contributed by atoms with E-state index in [1.807, 2.05) is 0 Å². The van der Waals surface area contributed by atoms with Crippen molar-refractivity contribution >= 4 is 0 Å². The molecule has 2 aliphatic rings. The second-order valence-electron chi connectivity index (χ2n) is 7.25. The molecular weight excluding hydrogens is 244 g/mol.